The molecule has 0 spiro atoms. The van der Waals surface area contributed by atoms with Crippen LogP contribution in [0.5, 0.6) is 0 Å². The van der Waals surface area contributed by atoms with Gasteiger partial charge in [-0.1, -0.05) is 13.3 Å². The molecule has 1 amide bonds. The summed E-state index contributed by atoms with van der Waals surface area (Å²) >= 11 is 0. The molecule has 0 aromatic carbocycles. The van der Waals surface area contributed by atoms with Crippen LogP contribution in [0.2, 0.25) is 0 Å². The molecule has 0 radical (unpaired) electrons. The highest BCUT2D eigenvalue weighted by molar-refractivity contribution is 5.99. The molecule has 0 bridgehead atoms. The van der Waals surface area contributed by atoms with Gasteiger partial charge in [-0.05, 0) is 25.2 Å². The minimum absolute atomic E-state index is 0.128. The molecule has 5 nitrogen and oxygen atoms in total. The lowest BCUT2D eigenvalue weighted by Crippen LogP contribution is -2.40. The maximum absolute atomic E-state index is 11.9. The summed E-state index contributed by atoms with van der Waals surface area (Å²) in [5, 5.41) is 9.45. The topological polar surface area (TPSA) is 83.8 Å². The van der Waals surface area contributed by atoms with Crippen LogP contribution in [0.1, 0.15) is 42.2 Å². The molecule has 16 heavy (non-hydrogen) atoms. The molecular weight excluding hydrogens is 204 g/mol. The van der Waals surface area contributed by atoms with Crippen LogP contribution in [0, 0.1) is 12.3 Å². The van der Waals surface area contributed by atoms with Crippen LogP contribution in [-0.2, 0) is 0 Å². The van der Waals surface area contributed by atoms with Gasteiger partial charge in [-0.15, -0.1) is 0 Å². The maximum atomic E-state index is 11.9. The Labute approximate surface area is 94.8 Å². The predicted octanol–water partition coefficient (Wildman–Crippen LogP) is 1.22. The van der Waals surface area contributed by atoms with Crippen LogP contribution < -0.4 is 11.1 Å². The fraction of sp³-hybridized carbons (Fsp3) is 0.636. The summed E-state index contributed by atoms with van der Waals surface area (Å²) in [6.45, 7) is 4.71. The van der Waals surface area contributed by atoms with Gasteiger partial charge in [0.1, 0.15) is 5.56 Å². The summed E-state index contributed by atoms with van der Waals surface area (Å²) in [7, 11) is 0. The molecule has 1 aliphatic rings. The number of nitrogens with zero attached hydrogens (tertiary/aromatic N) is 1. The zero-order valence-electron chi connectivity index (χ0n) is 9.76. The number of H-pyrrole nitrogens is 1. The first-order chi connectivity index (χ1) is 7.52. The molecule has 0 unspecified atom stereocenters. The summed E-state index contributed by atoms with van der Waals surface area (Å²) in [6.07, 6.45) is 3.64. The Morgan fingerprint density at radius 3 is 2.75 bits per heavy atom. The van der Waals surface area contributed by atoms with Crippen molar-refractivity contribution in [2.75, 3.05) is 12.3 Å². The van der Waals surface area contributed by atoms with Crippen LogP contribution in [0.3, 0.4) is 0 Å². The fourth-order valence-electron chi connectivity index (χ4n) is 2.07. The number of rotatable bonds is 3. The van der Waals surface area contributed by atoms with Crippen LogP contribution in [0.25, 0.3) is 0 Å². The molecule has 4 N–H and O–H groups in total. The summed E-state index contributed by atoms with van der Waals surface area (Å²) in [4.78, 5) is 11.9. The molecule has 0 saturated heterocycles. The van der Waals surface area contributed by atoms with Gasteiger partial charge in [0, 0.05) is 12.2 Å². The number of carbonyl (C=O) groups excluding carboxylic acids is 1. The van der Waals surface area contributed by atoms with Crippen molar-refractivity contribution in [3.8, 4) is 0 Å². The Hall–Kier alpha value is -1.52. The van der Waals surface area contributed by atoms with E-state index in [0.29, 0.717) is 11.3 Å². The zero-order valence-corrected chi connectivity index (χ0v) is 9.76. The van der Waals surface area contributed by atoms with Gasteiger partial charge in [-0.25, -0.2) is 0 Å². The van der Waals surface area contributed by atoms with Gasteiger partial charge in [-0.3, -0.25) is 9.89 Å². The number of amides is 1. The fourth-order valence-corrected chi connectivity index (χ4v) is 2.07. The van der Waals surface area contributed by atoms with Crippen molar-refractivity contribution in [3.63, 3.8) is 0 Å². The Morgan fingerprint density at radius 2 is 2.31 bits per heavy atom. The van der Waals surface area contributed by atoms with E-state index in [1.54, 1.807) is 6.92 Å². The number of nitrogens with two attached hydrogens (primary N) is 1. The second-order valence-electron chi connectivity index (χ2n) is 4.96. The molecule has 1 fully saturated rings. The first kappa shape index (κ1) is 11.0. The maximum Gasteiger partial charge on any atom is 0.256 e. The molecule has 1 aromatic heterocycles. The number of aromatic amines is 1. The monoisotopic (exact) mass is 222 g/mol. The highest BCUT2D eigenvalue weighted by Crippen LogP contribution is 2.39. The lowest BCUT2D eigenvalue weighted by molar-refractivity contribution is 0.0891. The minimum Gasteiger partial charge on any atom is -0.382 e. The molecule has 88 valence electrons. The van der Waals surface area contributed by atoms with E-state index >= 15 is 0 Å². The molecule has 1 aromatic rings. The Kier molecular flexibility index (Phi) is 2.61. The van der Waals surface area contributed by atoms with E-state index in [0.717, 1.165) is 6.54 Å². The number of anilines is 1. The second-order valence-corrected chi connectivity index (χ2v) is 4.96. The van der Waals surface area contributed by atoms with Gasteiger partial charge in [0.05, 0.1) is 0 Å². The normalized spacial score (nSPS) is 17.9. The van der Waals surface area contributed by atoms with Crippen LogP contribution in [0.15, 0.2) is 0 Å². The van der Waals surface area contributed by atoms with Crippen molar-refractivity contribution >= 4 is 11.7 Å². The van der Waals surface area contributed by atoms with Crippen molar-refractivity contribution in [1.29, 1.82) is 0 Å². The third-order valence-electron chi connectivity index (χ3n) is 3.44. The van der Waals surface area contributed by atoms with Gasteiger partial charge in [0.25, 0.3) is 5.91 Å². The average Bonchev–Trinajstić information content (AvgIpc) is 2.52. The number of nitrogen functional groups attached to an aromatic ring is 1. The van der Waals surface area contributed by atoms with Crippen LogP contribution in [0.4, 0.5) is 5.82 Å². The van der Waals surface area contributed by atoms with Crippen molar-refractivity contribution in [1.82, 2.24) is 15.5 Å². The highest BCUT2D eigenvalue weighted by Gasteiger charge is 2.32. The number of aryl methyl sites for hydroxylation is 1. The number of aromatic nitrogens is 2. The van der Waals surface area contributed by atoms with Crippen molar-refractivity contribution < 1.29 is 4.79 Å². The van der Waals surface area contributed by atoms with Crippen LogP contribution in [-0.4, -0.2) is 22.6 Å². The minimum atomic E-state index is -0.128. The predicted molar refractivity (Wildman–Crippen MR) is 62.0 cm³/mol. The summed E-state index contributed by atoms with van der Waals surface area (Å²) in [5.41, 5.74) is 7.10. The van der Waals surface area contributed by atoms with Gasteiger partial charge >= 0.3 is 0 Å². The Bertz CT molecular complexity index is 387. The summed E-state index contributed by atoms with van der Waals surface area (Å²) < 4.78 is 0. The van der Waals surface area contributed by atoms with Gasteiger partial charge in [-0.2, -0.15) is 5.10 Å². The summed E-state index contributed by atoms with van der Waals surface area (Å²) in [5.74, 6) is 0.144. The number of hydrogen-bond acceptors (Lipinski definition) is 3. The van der Waals surface area contributed by atoms with Gasteiger partial charge < -0.3 is 11.1 Å². The Morgan fingerprint density at radius 1 is 1.62 bits per heavy atom. The molecular formula is C11H18N4O. The zero-order chi connectivity index (χ0) is 11.8. The molecule has 1 heterocycles. The van der Waals surface area contributed by atoms with Crippen molar-refractivity contribution in [2.45, 2.75) is 33.1 Å². The van der Waals surface area contributed by atoms with E-state index in [9.17, 15) is 4.79 Å². The molecule has 1 aliphatic carbocycles. The first-order valence-corrected chi connectivity index (χ1v) is 5.60. The number of hydrogen-bond donors (Lipinski definition) is 3. The van der Waals surface area contributed by atoms with E-state index in [1.807, 2.05) is 0 Å². The molecule has 1 saturated carbocycles. The van der Waals surface area contributed by atoms with E-state index in [-0.39, 0.29) is 17.1 Å². The van der Waals surface area contributed by atoms with Crippen molar-refractivity contribution in [3.05, 3.63) is 11.3 Å². The largest absolute Gasteiger partial charge is 0.382 e. The average molecular weight is 222 g/mol. The van der Waals surface area contributed by atoms with Gasteiger partial charge in [0.2, 0.25) is 0 Å². The van der Waals surface area contributed by atoms with E-state index in [2.05, 4.69) is 22.4 Å². The SMILES string of the molecule is Cc1[nH]nc(N)c1C(=O)NCC1(C)CCC1. The third-order valence-corrected chi connectivity index (χ3v) is 3.44. The van der Waals surface area contributed by atoms with E-state index in [4.69, 9.17) is 5.73 Å². The smallest absolute Gasteiger partial charge is 0.256 e. The highest BCUT2D eigenvalue weighted by atomic mass is 16.1. The van der Waals surface area contributed by atoms with Gasteiger partial charge in [0.15, 0.2) is 5.82 Å². The number of carbonyl (C=O) groups is 1. The standard InChI is InChI=1S/C11H18N4O/c1-7-8(9(12)15-14-7)10(16)13-6-11(2)4-3-5-11/h3-6H2,1-2H3,(H,13,16)(H3,12,14,15). The van der Waals surface area contributed by atoms with E-state index in [1.165, 1.54) is 19.3 Å². The third kappa shape index (κ3) is 1.89. The van der Waals surface area contributed by atoms with E-state index < -0.39 is 0 Å². The van der Waals surface area contributed by atoms with Crippen LogP contribution >= 0.6 is 0 Å². The lowest BCUT2D eigenvalue weighted by atomic mass is 9.70. The van der Waals surface area contributed by atoms with Crippen molar-refractivity contribution in [2.24, 2.45) is 5.41 Å². The molecule has 0 aliphatic heterocycles. The first-order valence-electron chi connectivity index (χ1n) is 5.60. The molecule has 0 atom stereocenters. The second kappa shape index (κ2) is 3.81. The quantitative estimate of drug-likeness (QED) is 0.719. The number of nitrogens with one attached hydrogen (secondary N) is 2. The summed E-state index contributed by atoms with van der Waals surface area (Å²) in [6, 6.07) is 0. The lowest BCUT2D eigenvalue weighted by Gasteiger charge is -2.38. The molecule has 2 rings (SSSR count). The Balaban J connectivity index is 1.98. The molecule has 5 heteroatoms.